The quantitative estimate of drug-likeness (QED) is 0.551. The van der Waals surface area contributed by atoms with Crippen molar-refractivity contribution in [2.75, 3.05) is 19.6 Å². The van der Waals surface area contributed by atoms with Crippen LogP contribution in [0.25, 0.3) is 16.3 Å². The molecule has 1 amide bonds. The van der Waals surface area contributed by atoms with E-state index in [9.17, 15) is 4.79 Å². The van der Waals surface area contributed by atoms with Crippen molar-refractivity contribution in [1.29, 1.82) is 0 Å². The van der Waals surface area contributed by atoms with Crippen LogP contribution in [0.15, 0.2) is 47.8 Å². The molecule has 3 heterocycles. The molecular weight excluding hydrogens is 392 g/mol. The van der Waals surface area contributed by atoms with Crippen LogP contribution in [0.2, 0.25) is 0 Å². The van der Waals surface area contributed by atoms with Crippen molar-refractivity contribution in [2.24, 2.45) is 0 Å². The van der Waals surface area contributed by atoms with E-state index in [1.54, 1.807) is 16.0 Å². The highest BCUT2D eigenvalue weighted by atomic mass is 32.1. The molecule has 1 aliphatic rings. The van der Waals surface area contributed by atoms with Crippen LogP contribution in [0.3, 0.4) is 0 Å². The van der Waals surface area contributed by atoms with Crippen LogP contribution in [0.1, 0.15) is 48.7 Å². The number of piperidine rings is 1. The zero-order valence-electron chi connectivity index (χ0n) is 17.8. The van der Waals surface area contributed by atoms with Gasteiger partial charge in [-0.2, -0.15) is 5.10 Å². The molecule has 1 fully saturated rings. The summed E-state index contributed by atoms with van der Waals surface area (Å²) in [7, 11) is 0. The van der Waals surface area contributed by atoms with Gasteiger partial charge in [-0.25, -0.2) is 4.68 Å². The van der Waals surface area contributed by atoms with Crippen molar-refractivity contribution in [1.82, 2.24) is 20.0 Å². The van der Waals surface area contributed by atoms with E-state index in [4.69, 9.17) is 5.10 Å². The molecule has 1 aromatic carbocycles. The van der Waals surface area contributed by atoms with Crippen LogP contribution in [-0.4, -0.2) is 46.3 Å². The van der Waals surface area contributed by atoms with E-state index in [1.165, 1.54) is 31.4 Å². The van der Waals surface area contributed by atoms with Crippen molar-refractivity contribution in [3.8, 4) is 16.3 Å². The monoisotopic (exact) mass is 422 g/mol. The number of thiophene rings is 1. The predicted molar refractivity (Wildman–Crippen MR) is 123 cm³/mol. The van der Waals surface area contributed by atoms with E-state index < -0.39 is 0 Å². The van der Waals surface area contributed by atoms with Crippen LogP contribution in [-0.2, 0) is 0 Å². The molecule has 158 valence electrons. The zero-order valence-corrected chi connectivity index (χ0v) is 18.6. The number of aromatic nitrogens is 2. The first-order valence-corrected chi connectivity index (χ1v) is 11.7. The molecule has 5 nitrogen and oxygen atoms in total. The molecule has 0 radical (unpaired) electrons. The topological polar surface area (TPSA) is 50.2 Å². The fourth-order valence-corrected chi connectivity index (χ4v) is 4.72. The van der Waals surface area contributed by atoms with Crippen LogP contribution < -0.4 is 5.32 Å². The van der Waals surface area contributed by atoms with Crippen LogP contribution >= 0.6 is 11.3 Å². The van der Waals surface area contributed by atoms with Gasteiger partial charge in [-0.1, -0.05) is 30.2 Å². The van der Waals surface area contributed by atoms with Gasteiger partial charge < -0.3 is 10.2 Å². The van der Waals surface area contributed by atoms with Crippen molar-refractivity contribution >= 4 is 17.2 Å². The highest BCUT2D eigenvalue weighted by Crippen LogP contribution is 2.26. The molecule has 0 saturated carbocycles. The number of amides is 1. The predicted octanol–water partition coefficient (Wildman–Crippen LogP) is 4.90. The van der Waals surface area contributed by atoms with Gasteiger partial charge in [0.25, 0.3) is 5.91 Å². The summed E-state index contributed by atoms with van der Waals surface area (Å²) in [4.78, 5) is 16.6. The standard InChI is InChI=1S/C24H30N4OS/c1-18-9-11-20(12-10-18)28-22(17-21(26-28)23-8-5-16-30-23)24(29)25-13-6-15-27-14-4-3-7-19(27)2/h5,8-12,16-17,19H,3-4,6-7,13-15H2,1-2H3,(H,25,29). The Morgan fingerprint density at radius 2 is 2.07 bits per heavy atom. The van der Waals surface area contributed by atoms with E-state index in [0.29, 0.717) is 18.3 Å². The average Bonchev–Trinajstić information content (AvgIpc) is 3.43. The molecular formula is C24H30N4OS. The van der Waals surface area contributed by atoms with Gasteiger partial charge in [0.2, 0.25) is 0 Å². The number of rotatable bonds is 7. The minimum Gasteiger partial charge on any atom is -0.351 e. The Morgan fingerprint density at radius 3 is 2.80 bits per heavy atom. The Balaban J connectivity index is 1.46. The Hall–Kier alpha value is -2.44. The third kappa shape index (κ3) is 4.82. The second-order valence-corrected chi connectivity index (χ2v) is 9.08. The lowest BCUT2D eigenvalue weighted by Gasteiger charge is -2.33. The minimum atomic E-state index is -0.0717. The molecule has 1 unspecified atom stereocenters. The summed E-state index contributed by atoms with van der Waals surface area (Å²) in [6.45, 7) is 7.26. The maximum atomic E-state index is 13.0. The van der Waals surface area contributed by atoms with Gasteiger partial charge in [-0.05, 0) is 69.3 Å². The number of carbonyl (C=O) groups is 1. The molecule has 6 heteroatoms. The fourth-order valence-electron chi connectivity index (χ4n) is 4.03. The van der Waals surface area contributed by atoms with E-state index >= 15 is 0 Å². The second-order valence-electron chi connectivity index (χ2n) is 8.13. The number of nitrogens with zero attached hydrogens (tertiary/aromatic N) is 3. The van der Waals surface area contributed by atoms with E-state index in [2.05, 4.69) is 24.1 Å². The molecule has 0 spiro atoms. The summed E-state index contributed by atoms with van der Waals surface area (Å²) in [5, 5.41) is 9.88. The molecule has 0 bridgehead atoms. The number of aryl methyl sites for hydroxylation is 1. The maximum absolute atomic E-state index is 13.0. The number of hydrogen-bond donors (Lipinski definition) is 1. The van der Waals surface area contributed by atoms with Crippen LogP contribution in [0, 0.1) is 6.92 Å². The molecule has 1 saturated heterocycles. The normalized spacial score (nSPS) is 17.2. The Bertz CT molecular complexity index is 962. The SMILES string of the molecule is Cc1ccc(-n2nc(-c3cccs3)cc2C(=O)NCCCN2CCCCC2C)cc1. The Morgan fingerprint density at radius 1 is 1.23 bits per heavy atom. The summed E-state index contributed by atoms with van der Waals surface area (Å²) < 4.78 is 1.76. The molecule has 30 heavy (non-hydrogen) atoms. The number of nitrogens with one attached hydrogen (secondary N) is 1. The summed E-state index contributed by atoms with van der Waals surface area (Å²) in [6.07, 6.45) is 4.88. The summed E-state index contributed by atoms with van der Waals surface area (Å²) in [5.41, 5.74) is 3.49. The van der Waals surface area contributed by atoms with Gasteiger partial charge in [0.1, 0.15) is 11.4 Å². The molecule has 2 aromatic heterocycles. The van der Waals surface area contributed by atoms with Gasteiger partial charge in [0.15, 0.2) is 0 Å². The number of likely N-dealkylation sites (tertiary alicyclic amines) is 1. The van der Waals surface area contributed by atoms with Gasteiger partial charge in [-0.3, -0.25) is 4.79 Å². The number of carbonyl (C=O) groups excluding carboxylic acids is 1. The molecule has 3 aromatic rings. The van der Waals surface area contributed by atoms with Crippen molar-refractivity contribution in [3.05, 3.63) is 59.1 Å². The van der Waals surface area contributed by atoms with Crippen LogP contribution in [0.5, 0.6) is 0 Å². The molecule has 1 atom stereocenters. The summed E-state index contributed by atoms with van der Waals surface area (Å²) >= 11 is 1.63. The first-order chi connectivity index (χ1) is 14.6. The van der Waals surface area contributed by atoms with E-state index in [0.717, 1.165) is 29.2 Å². The third-order valence-electron chi connectivity index (χ3n) is 5.84. The molecule has 1 N–H and O–H groups in total. The number of hydrogen-bond acceptors (Lipinski definition) is 4. The van der Waals surface area contributed by atoms with Crippen molar-refractivity contribution < 1.29 is 4.79 Å². The van der Waals surface area contributed by atoms with Crippen molar-refractivity contribution in [2.45, 2.75) is 45.6 Å². The van der Waals surface area contributed by atoms with Gasteiger partial charge in [0, 0.05) is 19.1 Å². The highest BCUT2D eigenvalue weighted by molar-refractivity contribution is 7.13. The summed E-state index contributed by atoms with van der Waals surface area (Å²) in [6, 6.07) is 14.7. The molecule has 0 aliphatic carbocycles. The van der Waals surface area contributed by atoms with E-state index in [1.807, 2.05) is 47.8 Å². The number of benzene rings is 1. The van der Waals surface area contributed by atoms with Gasteiger partial charge >= 0.3 is 0 Å². The van der Waals surface area contributed by atoms with Crippen LogP contribution in [0.4, 0.5) is 0 Å². The first-order valence-electron chi connectivity index (χ1n) is 10.8. The average molecular weight is 423 g/mol. The first kappa shape index (κ1) is 20.8. The van der Waals surface area contributed by atoms with Crippen molar-refractivity contribution in [3.63, 3.8) is 0 Å². The maximum Gasteiger partial charge on any atom is 0.270 e. The lowest BCUT2D eigenvalue weighted by molar-refractivity contribution is 0.0941. The zero-order chi connectivity index (χ0) is 20.9. The van der Waals surface area contributed by atoms with E-state index in [-0.39, 0.29) is 5.91 Å². The Kier molecular flexibility index (Phi) is 6.65. The highest BCUT2D eigenvalue weighted by Gasteiger charge is 2.19. The molecule has 4 rings (SSSR count). The Labute approximate surface area is 182 Å². The van der Waals surface area contributed by atoms with Gasteiger partial charge in [0.05, 0.1) is 10.6 Å². The lowest BCUT2D eigenvalue weighted by atomic mass is 10.0. The lowest BCUT2D eigenvalue weighted by Crippen LogP contribution is -2.39. The largest absolute Gasteiger partial charge is 0.351 e. The smallest absolute Gasteiger partial charge is 0.270 e. The second kappa shape index (κ2) is 9.58. The fraction of sp³-hybridized carbons (Fsp3) is 0.417. The summed E-state index contributed by atoms with van der Waals surface area (Å²) in [5.74, 6) is -0.0717. The van der Waals surface area contributed by atoms with Gasteiger partial charge in [-0.15, -0.1) is 11.3 Å². The minimum absolute atomic E-state index is 0.0717. The molecule has 1 aliphatic heterocycles. The third-order valence-corrected chi connectivity index (χ3v) is 6.73.